The van der Waals surface area contributed by atoms with E-state index in [-0.39, 0.29) is 47.7 Å². The van der Waals surface area contributed by atoms with Gasteiger partial charge in [-0.15, -0.1) is 0 Å². The first kappa shape index (κ1) is 40.2. The molecule has 0 aromatic carbocycles. The number of hydrogen-bond acceptors (Lipinski definition) is 9. The predicted molar refractivity (Wildman–Crippen MR) is 182 cm³/mol. The number of Topliss-reactive ketones (excluding diaryl/α,β-unsaturated/α-hetero) is 1. The third kappa shape index (κ3) is 7.52. The first-order valence-electron chi connectivity index (χ1n) is 19.6. The number of cyclic esters (lactones) is 1. The van der Waals surface area contributed by atoms with Gasteiger partial charge in [-0.25, -0.2) is 14.4 Å². The number of carbonyl (C=O) groups is 4. The van der Waals surface area contributed by atoms with E-state index in [4.69, 9.17) is 23.7 Å². The van der Waals surface area contributed by atoms with Crippen LogP contribution in [0.15, 0.2) is 0 Å². The summed E-state index contributed by atoms with van der Waals surface area (Å²) in [6.45, 7) is 18.2. The molecular formula is C40H62NaO9+. The van der Waals surface area contributed by atoms with Crippen LogP contribution in [0.2, 0.25) is 0 Å². The van der Waals surface area contributed by atoms with Crippen LogP contribution in [-0.2, 0) is 42.9 Å². The summed E-state index contributed by atoms with van der Waals surface area (Å²) in [5.74, 6) is 0.703. The first-order chi connectivity index (χ1) is 23.1. The quantitative estimate of drug-likeness (QED) is 0.114. The van der Waals surface area contributed by atoms with Gasteiger partial charge in [0.2, 0.25) is 5.78 Å². The Bertz CT molecular complexity index is 1280. The largest absolute Gasteiger partial charge is 1.00 e. The van der Waals surface area contributed by atoms with Gasteiger partial charge in [-0.2, -0.15) is 0 Å². The minimum absolute atomic E-state index is 0. The maximum atomic E-state index is 12.9. The van der Waals surface area contributed by atoms with Crippen LogP contribution in [0.25, 0.3) is 0 Å². The fourth-order valence-electron chi connectivity index (χ4n) is 12.1. The summed E-state index contributed by atoms with van der Waals surface area (Å²) >= 11 is 0. The Morgan fingerprint density at radius 2 is 1.54 bits per heavy atom. The Morgan fingerprint density at radius 3 is 2.20 bits per heavy atom. The smallest absolute Gasteiger partial charge is 0.454 e. The van der Waals surface area contributed by atoms with Crippen LogP contribution in [0.3, 0.4) is 0 Å². The average Bonchev–Trinajstić information content (AvgIpc) is 3.68. The topological polar surface area (TPSA) is 114 Å². The Balaban J connectivity index is 0.00000486. The van der Waals surface area contributed by atoms with Crippen LogP contribution >= 0.6 is 0 Å². The van der Waals surface area contributed by atoms with E-state index in [9.17, 15) is 19.2 Å². The first-order valence-corrected chi connectivity index (χ1v) is 19.6. The van der Waals surface area contributed by atoms with Crippen LogP contribution < -0.4 is 29.6 Å². The molecule has 2 aliphatic heterocycles. The van der Waals surface area contributed by atoms with E-state index in [1.165, 1.54) is 51.4 Å². The van der Waals surface area contributed by atoms with Crippen molar-refractivity contribution in [2.45, 2.75) is 163 Å². The summed E-state index contributed by atoms with van der Waals surface area (Å²) in [6.07, 6.45) is 9.86. The molecule has 6 aliphatic rings. The van der Waals surface area contributed by atoms with Crippen LogP contribution in [-0.4, -0.2) is 60.5 Å². The SMILES string of the molecule is CCC(CC[C@H](C)[C@H]1CC[C@H]2[C@@H]3CC[C@H]4C[C@@H](OC(=O)C(=O)OC5C(=O)OC(C6COC(C)(C)O6)C5=O)CC[C@]4(C)[C@H]3CC[C@]12C)C(C)C.[Na+]. The number of ketones is 1. The molecule has 13 atom stereocenters. The number of carbonyl (C=O) groups excluding carboxylic acids is 4. The molecule has 9 nitrogen and oxygen atoms in total. The summed E-state index contributed by atoms with van der Waals surface area (Å²) in [5.41, 5.74) is 0.649. The maximum absolute atomic E-state index is 12.9. The van der Waals surface area contributed by atoms with Crippen LogP contribution in [0.4, 0.5) is 0 Å². The van der Waals surface area contributed by atoms with Gasteiger partial charge in [0, 0.05) is 0 Å². The third-order valence-electron chi connectivity index (χ3n) is 14.9. The average molecular weight is 710 g/mol. The van der Waals surface area contributed by atoms with E-state index >= 15 is 0 Å². The van der Waals surface area contributed by atoms with Crippen LogP contribution in [0, 0.1) is 58.2 Å². The number of ether oxygens (including phenoxy) is 5. The number of hydrogen-bond donors (Lipinski definition) is 0. The van der Waals surface area contributed by atoms with Gasteiger partial charge >= 0.3 is 47.5 Å². The Hall–Kier alpha value is -1.000. The molecule has 0 bridgehead atoms. The van der Waals surface area contributed by atoms with Crippen molar-refractivity contribution >= 4 is 23.7 Å². The predicted octanol–water partition coefficient (Wildman–Crippen LogP) is 4.22. The molecule has 276 valence electrons. The van der Waals surface area contributed by atoms with Crippen molar-refractivity contribution in [2.24, 2.45) is 58.2 Å². The van der Waals surface area contributed by atoms with Gasteiger partial charge in [-0.3, -0.25) is 4.79 Å². The molecule has 0 aromatic heterocycles. The second-order valence-electron chi connectivity index (χ2n) is 18.1. The Morgan fingerprint density at radius 1 is 0.860 bits per heavy atom. The molecule has 0 spiro atoms. The maximum Gasteiger partial charge on any atom is 1.00 e. The van der Waals surface area contributed by atoms with Gasteiger partial charge in [0.25, 0.3) is 6.10 Å². The van der Waals surface area contributed by atoms with Crippen LogP contribution in [0.5, 0.6) is 0 Å². The molecule has 0 N–H and O–H groups in total. The number of fused-ring (bicyclic) bond motifs is 5. The van der Waals surface area contributed by atoms with Crippen molar-refractivity contribution in [3.05, 3.63) is 0 Å². The van der Waals surface area contributed by atoms with E-state index < -0.39 is 47.8 Å². The molecule has 4 saturated carbocycles. The van der Waals surface area contributed by atoms with Crippen molar-refractivity contribution in [3.8, 4) is 0 Å². The molecule has 6 rings (SSSR count). The molecule has 0 radical (unpaired) electrons. The molecule has 0 amide bonds. The van der Waals surface area contributed by atoms with Gasteiger partial charge in [0.1, 0.15) is 12.2 Å². The molecule has 2 saturated heterocycles. The number of esters is 3. The van der Waals surface area contributed by atoms with Crippen molar-refractivity contribution in [3.63, 3.8) is 0 Å². The summed E-state index contributed by atoms with van der Waals surface area (Å²) in [4.78, 5) is 50.9. The molecule has 4 unspecified atom stereocenters. The monoisotopic (exact) mass is 709 g/mol. The van der Waals surface area contributed by atoms with Gasteiger partial charge in [-0.1, -0.05) is 54.4 Å². The van der Waals surface area contributed by atoms with Gasteiger partial charge in [0.05, 0.1) is 6.61 Å². The Labute approximate surface area is 322 Å². The zero-order chi connectivity index (χ0) is 35.5. The van der Waals surface area contributed by atoms with E-state index in [2.05, 4.69) is 41.5 Å². The summed E-state index contributed by atoms with van der Waals surface area (Å²) in [5, 5.41) is 0. The van der Waals surface area contributed by atoms with Crippen molar-refractivity contribution in [2.75, 3.05) is 6.61 Å². The van der Waals surface area contributed by atoms with E-state index in [1.807, 2.05) is 0 Å². The molecule has 10 heteroatoms. The normalized spacial score (nSPS) is 41.7. The molecule has 2 heterocycles. The fraction of sp³-hybridized carbons (Fsp3) is 0.900. The molecule has 6 fully saturated rings. The zero-order valence-electron chi connectivity index (χ0n) is 32.3. The summed E-state index contributed by atoms with van der Waals surface area (Å²) < 4.78 is 27.0. The van der Waals surface area contributed by atoms with Gasteiger partial charge in [0.15, 0.2) is 11.9 Å². The molecule has 4 aliphatic carbocycles. The zero-order valence-corrected chi connectivity index (χ0v) is 34.3. The second-order valence-corrected chi connectivity index (χ2v) is 18.1. The second kappa shape index (κ2) is 15.4. The van der Waals surface area contributed by atoms with Crippen LogP contribution in [0.1, 0.15) is 132 Å². The van der Waals surface area contributed by atoms with Crippen molar-refractivity contribution in [1.29, 1.82) is 0 Å². The fourth-order valence-corrected chi connectivity index (χ4v) is 12.1. The summed E-state index contributed by atoms with van der Waals surface area (Å²) in [6, 6.07) is 0. The molecular weight excluding hydrogens is 647 g/mol. The van der Waals surface area contributed by atoms with Gasteiger partial charge < -0.3 is 23.7 Å². The Kier molecular flexibility index (Phi) is 12.4. The van der Waals surface area contributed by atoms with E-state index in [1.54, 1.807) is 13.8 Å². The molecule has 0 aromatic rings. The van der Waals surface area contributed by atoms with Crippen molar-refractivity contribution in [1.82, 2.24) is 0 Å². The minimum Gasteiger partial charge on any atom is -0.454 e. The van der Waals surface area contributed by atoms with Gasteiger partial charge in [-0.05, 0) is 136 Å². The third-order valence-corrected chi connectivity index (χ3v) is 14.9. The van der Waals surface area contributed by atoms with E-state index in [0.29, 0.717) is 23.7 Å². The summed E-state index contributed by atoms with van der Waals surface area (Å²) in [7, 11) is 0. The van der Waals surface area contributed by atoms with E-state index in [0.717, 1.165) is 54.8 Å². The van der Waals surface area contributed by atoms with Crippen molar-refractivity contribution < 1.29 is 72.4 Å². The minimum atomic E-state index is -1.81. The standard InChI is InChI=1S/C40H62O9.Na/c1-9-24(22(2)3)11-10-23(4)28-14-15-29-27-13-12-25-20-26(16-18-39(25,7)30(27)17-19-40(28,29)8)46-36(43)37(44)48-34-32(41)33(47-35(34)42)31-21-45-38(5,6)49-31;/h22-31,33-34H,9-21H2,1-8H3;/q;+1/t23-,24?,25-,26-,27-,28+,29-,30-,31?,33?,34?,39-,40+;/m0./s1. The number of rotatable bonds is 9. The molecule has 50 heavy (non-hydrogen) atoms.